The van der Waals surface area contributed by atoms with Crippen LogP contribution in [0.15, 0.2) is 60.7 Å². The Morgan fingerprint density at radius 1 is 1.03 bits per heavy atom. The highest BCUT2D eigenvalue weighted by Crippen LogP contribution is 2.39. The normalized spacial score (nSPS) is 20.2. The van der Waals surface area contributed by atoms with Gasteiger partial charge in [-0.2, -0.15) is 0 Å². The van der Waals surface area contributed by atoms with Gasteiger partial charge in [-0.05, 0) is 53.3 Å². The van der Waals surface area contributed by atoms with Gasteiger partial charge in [-0.3, -0.25) is 14.5 Å². The maximum atomic E-state index is 13.4. The third kappa shape index (κ3) is 3.80. The number of aryl methyl sites for hydroxylation is 1. The molecular weight excluding hydrogens is 418 g/mol. The topological polar surface area (TPSA) is 98.7 Å². The van der Waals surface area contributed by atoms with Crippen molar-refractivity contribution in [3.05, 3.63) is 77.4 Å². The predicted octanol–water partition coefficient (Wildman–Crippen LogP) is 3.56. The number of carbonyl (C=O) groups is 3. The van der Waals surface area contributed by atoms with Crippen molar-refractivity contribution in [2.75, 3.05) is 4.90 Å². The Kier molecular flexibility index (Phi) is 5.24. The highest BCUT2D eigenvalue weighted by Gasteiger charge is 2.44. The molecule has 168 valence electrons. The molecule has 0 fully saturated rings. The van der Waals surface area contributed by atoms with Crippen LogP contribution in [-0.2, 0) is 22.4 Å². The van der Waals surface area contributed by atoms with E-state index in [1.165, 1.54) is 4.90 Å². The van der Waals surface area contributed by atoms with Crippen molar-refractivity contribution < 1.29 is 19.5 Å². The second-order valence-corrected chi connectivity index (χ2v) is 8.73. The Labute approximate surface area is 191 Å². The number of fused-ring (bicyclic) bond motifs is 1. The average molecular weight is 444 g/mol. The summed E-state index contributed by atoms with van der Waals surface area (Å²) in [6, 6.07) is 18.1. The van der Waals surface area contributed by atoms with Crippen LogP contribution in [0, 0.1) is 0 Å². The van der Waals surface area contributed by atoms with Crippen molar-refractivity contribution in [3.63, 3.8) is 0 Å². The molecule has 0 aromatic heterocycles. The number of benzene rings is 3. The smallest absolute Gasteiger partial charge is 0.405 e. The van der Waals surface area contributed by atoms with Crippen molar-refractivity contribution in [3.8, 4) is 0 Å². The molecule has 7 nitrogen and oxygen atoms in total. The van der Waals surface area contributed by atoms with Gasteiger partial charge in [-0.25, -0.2) is 4.79 Å². The van der Waals surface area contributed by atoms with Crippen molar-refractivity contribution in [2.24, 2.45) is 0 Å². The maximum absolute atomic E-state index is 13.4. The van der Waals surface area contributed by atoms with Crippen molar-refractivity contribution >= 4 is 34.4 Å². The van der Waals surface area contributed by atoms with Crippen LogP contribution in [0.5, 0.6) is 0 Å². The molecule has 0 saturated carbocycles. The van der Waals surface area contributed by atoms with Crippen LogP contribution < -0.4 is 15.5 Å². The lowest BCUT2D eigenvalue weighted by molar-refractivity contribution is -0.127. The Hall–Kier alpha value is -3.87. The fourth-order valence-corrected chi connectivity index (χ4v) is 4.99. The van der Waals surface area contributed by atoms with Gasteiger partial charge >= 0.3 is 6.09 Å². The summed E-state index contributed by atoms with van der Waals surface area (Å²) in [4.78, 5) is 39.5. The first-order valence-electron chi connectivity index (χ1n) is 11.1. The number of rotatable bonds is 4. The lowest BCUT2D eigenvalue weighted by atomic mass is 10.0. The van der Waals surface area contributed by atoms with E-state index >= 15 is 0 Å². The Morgan fingerprint density at radius 2 is 1.79 bits per heavy atom. The van der Waals surface area contributed by atoms with E-state index in [1.807, 2.05) is 61.5 Å². The molecule has 2 aliphatic rings. The third-order valence-electron chi connectivity index (χ3n) is 6.64. The first-order valence-corrected chi connectivity index (χ1v) is 11.1. The van der Waals surface area contributed by atoms with Crippen LogP contribution in [0.4, 0.5) is 10.5 Å². The first kappa shape index (κ1) is 21.0. The standard InChI is InChI=1S/C26H25N3O4/c1-15(18-10-9-16-5-2-3-6-19(16)13-18)27-24(30)22-14-20-8-4-7-17-11-12-21(28-26(32)33)25(31)29(22)23(17)20/h2-10,13,15,21-22,28H,11-12,14H2,1H3,(H,27,30)(H,32,33). The average Bonchev–Trinajstić information content (AvgIpc) is 3.15. The van der Waals surface area contributed by atoms with Crippen molar-refractivity contribution in [1.82, 2.24) is 10.6 Å². The number of hydrogen-bond acceptors (Lipinski definition) is 3. The van der Waals surface area contributed by atoms with E-state index < -0.39 is 18.2 Å². The van der Waals surface area contributed by atoms with Gasteiger partial charge in [-0.1, -0.05) is 54.6 Å². The predicted molar refractivity (Wildman–Crippen MR) is 125 cm³/mol. The summed E-state index contributed by atoms with van der Waals surface area (Å²) in [6.45, 7) is 1.93. The molecule has 33 heavy (non-hydrogen) atoms. The highest BCUT2D eigenvalue weighted by molar-refractivity contribution is 6.07. The summed E-state index contributed by atoms with van der Waals surface area (Å²) in [5, 5.41) is 16.8. The Morgan fingerprint density at radius 3 is 2.58 bits per heavy atom. The molecule has 5 rings (SSSR count). The summed E-state index contributed by atoms with van der Waals surface area (Å²) in [6.07, 6.45) is 0.0907. The zero-order valence-electron chi connectivity index (χ0n) is 18.2. The fraction of sp³-hybridized carbons (Fsp3) is 0.269. The van der Waals surface area contributed by atoms with Crippen LogP contribution in [0.25, 0.3) is 10.8 Å². The van der Waals surface area contributed by atoms with Crippen LogP contribution in [0.2, 0.25) is 0 Å². The zero-order valence-corrected chi connectivity index (χ0v) is 18.2. The molecule has 3 aromatic rings. The summed E-state index contributed by atoms with van der Waals surface area (Å²) < 4.78 is 0. The van der Waals surface area contributed by atoms with E-state index in [4.69, 9.17) is 0 Å². The number of para-hydroxylation sites is 1. The largest absolute Gasteiger partial charge is 0.465 e. The van der Waals surface area contributed by atoms with Gasteiger partial charge in [0.1, 0.15) is 12.1 Å². The zero-order chi connectivity index (χ0) is 23.1. The van der Waals surface area contributed by atoms with Gasteiger partial charge in [0.15, 0.2) is 0 Å². The van der Waals surface area contributed by atoms with Crippen molar-refractivity contribution in [1.29, 1.82) is 0 Å². The SMILES string of the molecule is CC(NC(=O)C1Cc2cccc3c2N1C(=O)C(NC(=O)O)CC3)c1ccc2ccccc2c1. The van der Waals surface area contributed by atoms with Gasteiger partial charge < -0.3 is 15.7 Å². The summed E-state index contributed by atoms with van der Waals surface area (Å²) in [7, 11) is 0. The second kappa shape index (κ2) is 8.24. The summed E-state index contributed by atoms with van der Waals surface area (Å²) in [5.41, 5.74) is 3.64. The van der Waals surface area contributed by atoms with Crippen LogP contribution in [0.1, 0.15) is 36.1 Å². The van der Waals surface area contributed by atoms with Crippen molar-refractivity contribution in [2.45, 2.75) is 44.3 Å². The number of carbonyl (C=O) groups excluding carboxylic acids is 2. The molecule has 3 N–H and O–H groups in total. The molecular formula is C26H25N3O4. The van der Waals surface area contributed by atoms with Crippen LogP contribution in [0.3, 0.4) is 0 Å². The fourth-order valence-electron chi connectivity index (χ4n) is 4.99. The highest BCUT2D eigenvalue weighted by atomic mass is 16.4. The van der Waals surface area contributed by atoms with Crippen LogP contribution >= 0.6 is 0 Å². The molecule has 2 aliphatic heterocycles. The third-order valence-corrected chi connectivity index (χ3v) is 6.64. The number of nitrogens with one attached hydrogen (secondary N) is 2. The van der Waals surface area contributed by atoms with E-state index in [1.54, 1.807) is 0 Å². The molecule has 3 unspecified atom stereocenters. The lowest BCUT2D eigenvalue weighted by Crippen LogP contribution is -2.54. The Balaban J connectivity index is 1.42. The molecule has 0 aliphatic carbocycles. The molecule has 3 atom stereocenters. The number of nitrogens with zero attached hydrogens (tertiary/aromatic N) is 1. The van der Waals surface area contributed by atoms with Gasteiger partial charge in [-0.15, -0.1) is 0 Å². The molecule has 3 amide bonds. The minimum atomic E-state index is -1.25. The molecule has 0 saturated heterocycles. The monoisotopic (exact) mass is 443 g/mol. The number of hydrogen-bond donors (Lipinski definition) is 3. The Bertz CT molecular complexity index is 1270. The molecule has 2 heterocycles. The minimum Gasteiger partial charge on any atom is -0.465 e. The van der Waals surface area contributed by atoms with E-state index in [0.29, 0.717) is 19.3 Å². The summed E-state index contributed by atoms with van der Waals surface area (Å²) >= 11 is 0. The number of anilines is 1. The summed E-state index contributed by atoms with van der Waals surface area (Å²) in [5.74, 6) is -0.623. The molecule has 3 aromatic carbocycles. The van der Waals surface area contributed by atoms with Gasteiger partial charge in [0.05, 0.1) is 11.7 Å². The molecule has 7 heteroatoms. The van der Waals surface area contributed by atoms with E-state index in [-0.39, 0.29) is 17.9 Å². The quantitative estimate of drug-likeness (QED) is 0.574. The maximum Gasteiger partial charge on any atom is 0.405 e. The van der Waals surface area contributed by atoms with Gasteiger partial charge in [0, 0.05) is 6.42 Å². The van der Waals surface area contributed by atoms with E-state index in [2.05, 4.69) is 16.7 Å². The molecule has 0 radical (unpaired) electrons. The van der Waals surface area contributed by atoms with Gasteiger partial charge in [0.2, 0.25) is 11.8 Å². The second-order valence-electron chi connectivity index (χ2n) is 8.73. The molecule has 0 spiro atoms. The number of amides is 3. The van der Waals surface area contributed by atoms with Gasteiger partial charge in [0.25, 0.3) is 0 Å². The lowest BCUT2D eigenvalue weighted by Gasteiger charge is -2.28. The first-order chi connectivity index (χ1) is 15.9. The van der Waals surface area contributed by atoms with Crippen LogP contribution in [-0.4, -0.2) is 35.1 Å². The van der Waals surface area contributed by atoms with E-state index in [9.17, 15) is 19.5 Å². The van der Waals surface area contributed by atoms with E-state index in [0.717, 1.165) is 33.2 Å². The number of carboxylic acid groups (broad SMARTS) is 1. The minimum absolute atomic E-state index is 0.248. The molecule has 0 bridgehead atoms.